The first-order chi connectivity index (χ1) is 8.73. The summed E-state index contributed by atoms with van der Waals surface area (Å²) in [6.07, 6.45) is 8.02. The molecule has 0 N–H and O–H groups in total. The Hall–Kier alpha value is -0.561. The summed E-state index contributed by atoms with van der Waals surface area (Å²) in [5.41, 5.74) is 1.49. The van der Waals surface area contributed by atoms with E-state index >= 15 is 0 Å². The number of hydrogen-bond donors (Lipinski definition) is 0. The molecule has 0 bridgehead atoms. The summed E-state index contributed by atoms with van der Waals surface area (Å²) in [7, 11) is 1.73. The van der Waals surface area contributed by atoms with Crippen molar-refractivity contribution in [2.75, 3.05) is 13.7 Å². The molecule has 0 spiro atoms. The van der Waals surface area contributed by atoms with Crippen LogP contribution in [0.5, 0.6) is 0 Å². The van der Waals surface area contributed by atoms with Crippen molar-refractivity contribution in [1.29, 1.82) is 0 Å². The van der Waals surface area contributed by atoms with Gasteiger partial charge in [0.15, 0.2) is 0 Å². The normalized spacial score (nSPS) is 14.8. The van der Waals surface area contributed by atoms with Gasteiger partial charge in [-0.2, -0.15) is 0 Å². The van der Waals surface area contributed by atoms with Gasteiger partial charge >= 0.3 is 118 Å². The molecule has 1 atom stereocenters. The zero-order valence-electron chi connectivity index (χ0n) is 11.7. The zero-order valence-corrected chi connectivity index (χ0v) is 13.4. The van der Waals surface area contributed by atoms with Gasteiger partial charge in [0.2, 0.25) is 0 Å². The van der Waals surface area contributed by atoms with Crippen molar-refractivity contribution >= 4 is 15.0 Å². The van der Waals surface area contributed by atoms with Crippen molar-refractivity contribution in [3.05, 3.63) is 48.0 Å². The Kier molecular flexibility index (Phi) is 7.34. The molecule has 1 unspecified atom stereocenters. The molecular formula is C16H24OSe. The molecule has 100 valence electrons. The van der Waals surface area contributed by atoms with Crippen LogP contribution in [-0.4, -0.2) is 28.7 Å². The molecule has 0 radical (unpaired) electrons. The van der Waals surface area contributed by atoms with Crippen LogP contribution in [0.1, 0.15) is 31.7 Å². The third kappa shape index (κ3) is 4.97. The Labute approximate surface area is 118 Å². The van der Waals surface area contributed by atoms with E-state index in [-0.39, 0.29) is 0 Å². The van der Waals surface area contributed by atoms with E-state index in [1.165, 1.54) is 18.4 Å². The van der Waals surface area contributed by atoms with E-state index < -0.39 is 0 Å². The van der Waals surface area contributed by atoms with Crippen LogP contribution < -0.4 is 0 Å². The van der Waals surface area contributed by atoms with Crippen LogP contribution in [0.4, 0.5) is 0 Å². The molecule has 0 saturated carbocycles. The maximum atomic E-state index is 5.00. The maximum absolute atomic E-state index is 5.00. The molecule has 1 aromatic carbocycles. The minimum atomic E-state index is 0.378. The molecule has 0 saturated heterocycles. The fraction of sp³-hybridized carbons (Fsp3) is 0.500. The van der Waals surface area contributed by atoms with Crippen LogP contribution in [0.15, 0.2) is 42.5 Å². The first-order valence-corrected chi connectivity index (χ1v) is 9.04. The zero-order chi connectivity index (χ0) is 13.3. The number of unbranched alkanes of at least 4 members (excludes halogenated alkanes) is 1. The van der Waals surface area contributed by atoms with E-state index in [0.29, 0.717) is 19.3 Å². The Morgan fingerprint density at radius 2 is 1.94 bits per heavy atom. The average Bonchev–Trinajstić information content (AvgIpc) is 2.43. The molecular weight excluding hydrogens is 287 g/mol. The van der Waals surface area contributed by atoms with Crippen LogP contribution in [0, 0.1) is 0 Å². The Morgan fingerprint density at radius 3 is 2.56 bits per heavy atom. The summed E-state index contributed by atoms with van der Waals surface area (Å²) in [4.78, 5) is 0. The molecule has 0 aliphatic heterocycles. The fourth-order valence-corrected chi connectivity index (χ4v) is 3.51. The Bertz CT molecular complexity index is 347. The predicted molar refractivity (Wildman–Crippen MR) is 80.3 cm³/mol. The van der Waals surface area contributed by atoms with Crippen LogP contribution in [-0.2, 0) is 9.05 Å². The Morgan fingerprint density at radius 1 is 1.22 bits per heavy atom. The van der Waals surface area contributed by atoms with E-state index in [2.05, 4.69) is 55.2 Å². The predicted octanol–water partition coefficient (Wildman–Crippen LogP) is 4.03. The molecule has 0 fully saturated rings. The number of methoxy groups -OCH3 is 1. The molecule has 0 amide bonds. The molecule has 1 nitrogen and oxygen atoms in total. The molecule has 0 aliphatic carbocycles. The van der Waals surface area contributed by atoms with Crippen LogP contribution in [0.25, 0.3) is 0 Å². The number of benzene rings is 1. The summed E-state index contributed by atoms with van der Waals surface area (Å²) >= 11 is 0.630. The van der Waals surface area contributed by atoms with Gasteiger partial charge in [0.05, 0.1) is 0 Å². The molecule has 1 rings (SSSR count). The second-order valence-corrected chi connectivity index (χ2v) is 7.37. The quantitative estimate of drug-likeness (QED) is 0.400. The summed E-state index contributed by atoms with van der Waals surface area (Å²) in [6, 6.07) is 10.9. The minimum absolute atomic E-state index is 0.378. The third-order valence-electron chi connectivity index (χ3n) is 3.29. The first kappa shape index (κ1) is 15.5. The van der Waals surface area contributed by atoms with Crippen LogP contribution in [0.3, 0.4) is 0 Å². The second kappa shape index (κ2) is 8.53. The summed E-state index contributed by atoms with van der Waals surface area (Å²) in [5.74, 6) is 2.35. The van der Waals surface area contributed by atoms with Crippen molar-refractivity contribution in [2.45, 2.75) is 36.3 Å². The number of ether oxygens (including phenoxy) is 1. The van der Waals surface area contributed by atoms with Crippen molar-refractivity contribution < 1.29 is 4.74 Å². The molecule has 2 heteroatoms. The number of hydrogen-bond acceptors (Lipinski definition) is 1. The van der Waals surface area contributed by atoms with E-state index in [9.17, 15) is 0 Å². The van der Waals surface area contributed by atoms with Crippen molar-refractivity contribution in [2.24, 2.45) is 0 Å². The van der Waals surface area contributed by atoms with Crippen LogP contribution in [0.2, 0.25) is 5.82 Å². The monoisotopic (exact) mass is 312 g/mol. The first-order valence-electron chi connectivity index (χ1n) is 6.47. The molecule has 18 heavy (non-hydrogen) atoms. The molecule has 0 heterocycles. The van der Waals surface area contributed by atoms with Crippen molar-refractivity contribution in [3.63, 3.8) is 0 Å². The third-order valence-corrected chi connectivity index (χ3v) is 6.10. The van der Waals surface area contributed by atoms with E-state index in [4.69, 9.17) is 4.74 Å². The molecule has 1 aromatic rings. The van der Waals surface area contributed by atoms with Gasteiger partial charge in [-0.1, -0.05) is 0 Å². The average molecular weight is 311 g/mol. The summed E-state index contributed by atoms with van der Waals surface area (Å²) in [5, 5.41) is 0. The van der Waals surface area contributed by atoms with E-state index in [1.54, 1.807) is 7.11 Å². The summed E-state index contributed by atoms with van der Waals surface area (Å²) < 4.78 is 5.37. The van der Waals surface area contributed by atoms with Crippen molar-refractivity contribution in [1.82, 2.24) is 0 Å². The van der Waals surface area contributed by atoms with Gasteiger partial charge < -0.3 is 0 Å². The van der Waals surface area contributed by atoms with Gasteiger partial charge in [-0.25, -0.2) is 0 Å². The van der Waals surface area contributed by atoms with Gasteiger partial charge in [-0.15, -0.1) is 0 Å². The number of rotatable bonds is 8. The van der Waals surface area contributed by atoms with Crippen molar-refractivity contribution in [3.8, 4) is 0 Å². The summed E-state index contributed by atoms with van der Waals surface area (Å²) in [6.45, 7) is 3.13. The fourth-order valence-electron chi connectivity index (χ4n) is 1.99. The topological polar surface area (TPSA) is 9.23 Å². The van der Waals surface area contributed by atoms with Gasteiger partial charge in [-0.3, -0.25) is 0 Å². The van der Waals surface area contributed by atoms with E-state index in [0.717, 1.165) is 13.0 Å². The van der Waals surface area contributed by atoms with Crippen LogP contribution >= 0.6 is 0 Å². The number of allylic oxidation sites excluding steroid dienone is 1. The van der Waals surface area contributed by atoms with Gasteiger partial charge in [0.25, 0.3) is 0 Å². The van der Waals surface area contributed by atoms with Gasteiger partial charge in [-0.05, 0) is 0 Å². The molecule has 0 aliphatic rings. The van der Waals surface area contributed by atoms with Gasteiger partial charge in [0, 0.05) is 0 Å². The van der Waals surface area contributed by atoms with E-state index in [1.807, 2.05) is 0 Å². The van der Waals surface area contributed by atoms with Gasteiger partial charge in [0.1, 0.15) is 0 Å². The Balaban J connectivity index is 2.46. The standard InChI is InChI=1S/C16H24OSe/c1-16(18-3,15-11-7-6-8-12-15)13-9-4-5-10-14-17-2/h5-8,10-12H,4,9,13-14H2,1-3H3/b10-5+. The molecule has 0 aromatic heterocycles. The SMILES string of the molecule is COC/C=C/CCCC(C)([Se]C)c1ccccc1. The second-order valence-electron chi connectivity index (χ2n) is 4.62.